The second kappa shape index (κ2) is 6.02. The Morgan fingerprint density at radius 2 is 2.10 bits per heavy atom. The predicted octanol–water partition coefficient (Wildman–Crippen LogP) is 3.34. The number of amides is 1. The number of hydrogen-bond donors (Lipinski definition) is 0. The van der Waals surface area contributed by atoms with Crippen molar-refractivity contribution in [3.63, 3.8) is 0 Å². The largest absolute Gasteiger partial charge is 0.328 e. The van der Waals surface area contributed by atoms with E-state index in [1.54, 1.807) is 7.05 Å². The minimum Gasteiger partial charge on any atom is -0.328 e. The molecule has 0 radical (unpaired) electrons. The zero-order valence-corrected chi connectivity index (χ0v) is 13.0. The Morgan fingerprint density at radius 3 is 2.71 bits per heavy atom. The second-order valence-corrected chi connectivity index (χ2v) is 5.36. The normalized spacial score (nSPS) is 10.2. The first kappa shape index (κ1) is 15.1. The van der Waals surface area contributed by atoms with Gasteiger partial charge in [0.15, 0.2) is 0 Å². The molecule has 0 bridgehead atoms. The van der Waals surface area contributed by atoms with Crippen molar-refractivity contribution in [2.45, 2.75) is 13.8 Å². The highest BCUT2D eigenvalue weighted by molar-refractivity contribution is 6.30. The number of benzene rings is 1. The van der Waals surface area contributed by atoms with Crippen LogP contribution in [0.1, 0.15) is 21.7 Å². The molecule has 1 aromatic carbocycles. The summed E-state index contributed by atoms with van der Waals surface area (Å²) >= 11 is 6.04. The van der Waals surface area contributed by atoms with Crippen LogP contribution in [0.5, 0.6) is 0 Å². The number of carbonyl (C=O) groups excluding carboxylic acids is 1. The average molecular weight is 302 g/mol. The van der Waals surface area contributed by atoms with Crippen molar-refractivity contribution in [1.82, 2.24) is 9.47 Å². The van der Waals surface area contributed by atoms with Crippen LogP contribution in [0.4, 0.5) is 0 Å². The van der Waals surface area contributed by atoms with Gasteiger partial charge in [-0.05, 0) is 38.1 Å². The van der Waals surface area contributed by atoms with Crippen LogP contribution in [0.3, 0.4) is 0 Å². The number of aromatic nitrogens is 1. The Bertz CT molecular complexity index is 728. The van der Waals surface area contributed by atoms with Gasteiger partial charge in [-0.15, -0.1) is 0 Å². The summed E-state index contributed by atoms with van der Waals surface area (Å²) in [5.41, 5.74) is 3.30. The zero-order chi connectivity index (χ0) is 15.6. The molecular formula is C16H16ClN3O. The van der Waals surface area contributed by atoms with Gasteiger partial charge in [0.05, 0.1) is 11.6 Å². The number of halogens is 1. The summed E-state index contributed by atoms with van der Waals surface area (Å²) in [6.07, 6.45) is 0. The molecule has 0 fully saturated rings. The molecule has 4 nitrogen and oxygen atoms in total. The molecule has 0 atom stereocenters. The Hall–Kier alpha value is -2.25. The Balaban J connectivity index is 2.48. The van der Waals surface area contributed by atoms with Crippen LogP contribution in [0.2, 0.25) is 5.02 Å². The molecule has 1 aromatic heterocycles. The lowest BCUT2D eigenvalue weighted by Gasteiger charge is -2.14. The molecule has 1 heterocycles. The molecule has 108 valence electrons. The van der Waals surface area contributed by atoms with E-state index in [9.17, 15) is 4.79 Å². The number of nitrogens with zero attached hydrogens (tertiary/aromatic N) is 3. The van der Waals surface area contributed by atoms with E-state index < -0.39 is 0 Å². The second-order valence-electron chi connectivity index (χ2n) is 4.92. The summed E-state index contributed by atoms with van der Waals surface area (Å²) < 4.78 is 1.99. The highest BCUT2D eigenvalue weighted by atomic mass is 35.5. The fourth-order valence-corrected chi connectivity index (χ4v) is 2.56. The van der Waals surface area contributed by atoms with Gasteiger partial charge in [-0.1, -0.05) is 17.7 Å². The SMILES string of the molecule is Cc1cc(C(=O)N(C)CC#N)c(C)n1-c1cccc(Cl)c1. The molecule has 0 saturated heterocycles. The maximum absolute atomic E-state index is 12.4. The molecule has 5 heteroatoms. The quantitative estimate of drug-likeness (QED) is 0.816. The van der Waals surface area contributed by atoms with E-state index in [1.165, 1.54) is 4.90 Å². The molecule has 0 saturated carbocycles. The summed E-state index contributed by atoms with van der Waals surface area (Å²) in [4.78, 5) is 13.8. The van der Waals surface area contributed by atoms with Crippen molar-refractivity contribution in [1.29, 1.82) is 5.26 Å². The van der Waals surface area contributed by atoms with Crippen LogP contribution >= 0.6 is 11.6 Å². The van der Waals surface area contributed by atoms with E-state index in [2.05, 4.69) is 0 Å². The first-order valence-corrected chi connectivity index (χ1v) is 6.90. The molecule has 0 aliphatic rings. The lowest BCUT2D eigenvalue weighted by Crippen LogP contribution is -2.27. The molecule has 0 spiro atoms. The van der Waals surface area contributed by atoms with Gasteiger partial charge >= 0.3 is 0 Å². The minimum atomic E-state index is -0.155. The molecule has 0 unspecified atom stereocenters. The van der Waals surface area contributed by atoms with E-state index in [1.807, 2.05) is 54.8 Å². The number of rotatable bonds is 3. The Kier molecular flexibility index (Phi) is 4.35. The fourth-order valence-electron chi connectivity index (χ4n) is 2.38. The molecule has 21 heavy (non-hydrogen) atoms. The predicted molar refractivity (Wildman–Crippen MR) is 82.8 cm³/mol. The van der Waals surface area contributed by atoms with Gasteiger partial charge in [-0.2, -0.15) is 5.26 Å². The van der Waals surface area contributed by atoms with Crippen LogP contribution < -0.4 is 0 Å². The molecule has 2 aromatic rings. The summed E-state index contributed by atoms with van der Waals surface area (Å²) in [5.74, 6) is -0.155. The monoisotopic (exact) mass is 301 g/mol. The summed E-state index contributed by atoms with van der Waals surface area (Å²) in [7, 11) is 1.62. The maximum atomic E-state index is 12.4. The van der Waals surface area contributed by atoms with E-state index in [0.29, 0.717) is 10.6 Å². The number of hydrogen-bond acceptors (Lipinski definition) is 2. The first-order chi connectivity index (χ1) is 9.95. The highest BCUT2D eigenvalue weighted by Crippen LogP contribution is 2.23. The van der Waals surface area contributed by atoms with Gasteiger partial charge < -0.3 is 9.47 Å². The van der Waals surface area contributed by atoms with Crippen molar-refractivity contribution in [2.24, 2.45) is 0 Å². The molecule has 0 N–H and O–H groups in total. The van der Waals surface area contributed by atoms with Gasteiger partial charge in [0, 0.05) is 29.1 Å². The van der Waals surface area contributed by atoms with Crippen LogP contribution in [0, 0.1) is 25.2 Å². The van der Waals surface area contributed by atoms with Crippen molar-refractivity contribution < 1.29 is 4.79 Å². The summed E-state index contributed by atoms with van der Waals surface area (Å²) in [6.45, 7) is 3.90. The van der Waals surface area contributed by atoms with Gasteiger partial charge in [-0.3, -0.25) is 4.79 Å². The highest BCUT2D eigenvalue weighted by Gasteiger charge is 2.19. The fraction of sp³-hybridized carbons (Fsp3) is 0.250. The molecular weight excluding hydrogens is 286 g/mol. The lowest BCUT2D eigenvalue weighted by molar-refractivity contribution is 0.0811. The van der Waals surface area contributed by atoms with Crippen molar-refractivity contribution in [3.05, 3.63) is 52.3 Å². The third kappa shape index (κ3) is 2.93. The molecule has 0 aliphatic heterocycles. The smallest absolute Gasteiger partial charge is 0.256 e. The van der Waals surface area contributed by atoms with Crippen LogP contribution in [-0.2, 0) is 0 Å². The lowest BCUT2D eigenvalue weighted by atomic mass is 10.2. The van der Waals surface area contributed by atoms with Gasteiger partial charge in [0.1, 0.15) is 6.54 Å². The van der Waals surface area contributed by atoms with E-state index in [4.69, 9.17) is 16.9 Å². The van der Waals surface area contributed by atoms with Crippen molar-refractivity contribution in [2.75, 3.05) is 13.6 Å². The van der Waals surface area contributed by atoms with Crippen molar-refractivity contribution >= 4 is 17.5 Å². The van der Waals surface area contributed by atoms with Crippen LogP contribution in [0.15, 0.2) is 30.3 Å². The Morgan fingerprint density at radius 1 is 1.38 bits per heavy atom. The topological polar surface area (TPSA) is 49.0 Å². The number of aryl methyl sites for hydroxylation is 1. The van der Waals surface area contributed by atoms with E-state index in [-0.39, 0.29) is 12.5 Å². The molecule has 2 rings (SSSR count). The number of nitriles is 1. The minimum absolute atomic E-state index is 0.0691. The Labute approximate surface area is 129 Å². The molecule has 1 amide bonds. The summed E-state index contributed by atoms with van der Waals surface area (Å²) in [5, 5.41) is 9.35. The van der Waals surface area contributed by atoms with Crippen molar-refractivity contribution in [3.8, 4) is 11.8 Å². The van der Waals surface area contributed by atoms with E-state index >= 15 is 0 Å². The van der Waals surface area contributed by atoms with Gasteiger partial charge in [-0.25, -0.2) is 0 Å². The third-order valence-electron chi connectivity index (χ3n) is 3.38. The van der Waals surface area contributed by atoms with E-state index in [0.717, 1.165) is 17.1 Å². The molecule has 0 aliphatic carbocycles. The van der Waals surface area contributed by atoms with Crippen LogP contribution in [0.25, 0.3) is 5.69 Å². The average Bonchev–Trinajstić information content (AvgIpc) is 2.73. The van der Waals surface area contributed by atoms with Gasteiger partial charge in [0.2, 0.25) is 0 Å². The maximum Gasteiger partial charge on any atom is 0.256 e. The standard InChI is InChI=1S/C16H16ClN3O/c1-11-9-15(16(21)19(3)8-7-18)12(2)20(11)14-6-4-5-13(17)10-14/h4-6,9-10H,8H2,1-3H3. The zero-order valence-electron chi connectivity index (χ0n) is 12.2. The van der Waals surface area contributed by atoms with Crippen LogP contribution in [-0.4, -0.2) is 29.0 Å². The number of carbonyl (C=O) groups is 1. The van der Waals surface area contributed by atoms with Gasteiger partial charge in [0.25, 0.3) is 5.91 Å². The third-order valence-corrected chi connectivity index (χ3v) is 3.62. The first-order valence-electron chi connectivity index (χ1n) is 6.53. The summed E-state index contributed by atoms with van der Waals surface area (Å²) in [6, 6.07) is 11.3.